The standard InChI is InChI=1S/C19H21N3O3/c20-19(22-15-9-10-23-16-6-2-1-5-14(15)16)21-11-13-12-24-17-7-3-4-8-18(17)25-13/h1-8,13,15H,9-12H2,(H3,20,21,22). The average Bonchev–Trinajstić information content (AvgIpc) is 2.66. The Morgan fingerprint density at radius 2 is 1.80 bits per heavy atom. The molecule has 0 saturated carbocycles. The van der Waals surface area contributed by atoms with Gasteiger partial charge in [0.15, 0.2) is 23.6 Å². The highest BCUT2D eigenvalue weighted by molar-refractivity contribution is 5.78. The van der Waals surface area contributed by atoms with E-state index in [-0.39, 0.29) is 12.1 Å². The fourth-order valence-electron chi connectivity index (χ4n) is 3.07. The molecule has 6 heteroatoms. The van der Waals surface area contributed by atoms with Crippen molar-refractivity contribution < 1.29 is 14.2 Å². The van der Waals surface area contributed by atoms with E-state index in [1.807, 2.05) is 42.5 Å². The number of benzene rings is 2. The van der Waals surface area contributed by atoms with E-state index in [1.165, 1.54) is 0 Å². The normalized spacial score (nSPS) is 21.8. The number of fused-ring (bicyclic) bond motifs is 2. The number of rotatable bonds is 3. The topological polar surface area (TPSA) is 78.1 Å². The van der Waals surface area contributed by atoms with Crippen molar-refractivity contribution in [3.63, 3.8) is 0 Å². The summed E-state index contributed by atoms with van der Waals surface area (Å²) in [6, 6.07) is 15.7. The third kappa shape index (κ3) is 3.47. The molecule has 6 nitrogen and oxygen atoms in total. The van der Waals surface area contributed by atoms with E-state index in [9.17, 15) is 0 Å². The van der Waals surface area contributed by atoms with Crippen LogP contribution in [-0.4, -0.2) is 31.8 Å². The van der Waals surface area contributed by atoms with Crippen LogP contribution in [0.1, 0.15) is 18.0 Å². The van der Waals surface area contributed by atoms with Gasteiger partial charge in [-0.3, -0.25) is 0 Å². The number of ether oxygens (including phenoxy) is 3. The van der Waals surface area contributed by atoms with Crippen LogP contribution in [0, 0.1) is 0 Å². The van der Waals surface area contributed by atoms with Crippen molar-refractivity contribution in [2.24, 2.45) is 10.7 Å². The molecule has 2 aromatic carbocycles. The van der Waals surface area contributed by atoms with Crippen molar-refractivity contribution in [1.82, 2.24) is 5.32 Å². The van der Waals surface area contributed by atoms with Gasteiger partial charge in [0.25, 0.3) is 0 Å². The van der Waals surface area contributed by atoms with Crippen molar-refractivity contribution in [3.8, 4) is 17.2 Å². The molecule has 2 aliphatic heterocycles. The molecule has 2 atom stereocenters. The average molecular weight is 339 g/mol. The highest BCUT2D eigenvalue weighted by Gasteiger charge is 2.22. The number of aliphatic imine (C=N–C) groups is 1. The van der Waals surface area contributed by atoms with Gasteiger partial charge in [-0.2, -0.15) is 0 Å². The van der Waals surface area contributed by atoms with Crippen LogP contribution >= 0.6 is 0 Å². The predicted octanol–water partition coefficient (Wildman–Crippen LogP) is 2.25. The summed E-state index contributed by atoms with van der Waals surface area (Å²) in [6.07, 6.45) is 0.709. The Bertz CT molecular complexity index is 778. The first-order valence-corrected chi connectivity index (χ1v) is 8.46. The maximum atomic E-state index is 6.08. The first-order chi connectivity index (χ1) is 12.3. The van der Waals surface area contributed by atoms with Crippen LogP contribution < -0.4 is 25.3 Å². The first kappa shape index (κ1) is 15.6. The smallest absolute Gasteiger partial charge is 0.189 e. The van der Waals surface area contributed by atoms with Crippen molar-refractivity contribution in [3.05, 3.63) is 54.1 Å². The minimum Gasteiger partial charge on any atom is -0.493 e. The van der Waals surface area contributed by atoms with Crippen molar-refractivity contribution in [1.29, 1.82) is 0 Å². The molecule has 2 aliphatic rings. The molecule has 4 rings (SSSR count). The quantitative estimate of drug-likeness (QED) is 0.662. The number of nitrogens with two attached hydrogens (primary N) is 1. The van der Waals surface area contributed by atoms with Gasteiger partial charge in [-0.1, -0.05) is 30.3 Å². The molecule has 130 valence electrons. The zero-order valence-corrected chi connectivity index (χ0v) is 13.9. The molecule has 0 aliphatic carbocycles. The Morgan fingerprint density at radius 3 is 2.68 bits per heavy atom. The molecule has 25 heavy (non-hydrogen) atoms. The largest absolute Gasteiger partial charge is 0.493 e. The number of hydrogen-bond donors (Lipinski definition) is 2. The van der Waals surface area contributed by atoms with Crippen LogP contribution in [0.5, 0.6) is 17.2 Å². The zero-order valence-electron chi connectivity index (χ0n) is 13.9. The Labute approximate surface area is 146 Å². The maximum absolute atomic E-state index is 6.08. The summed E-state index contributed by atoms with van der Waals surface area (Å²) >= 11 is 0. The number of para-hydroxylation sites is 3. The van der Waals surface area contributed by atoms with E-state index in [4.69, 9.17) is 19.9 Å². The molecule has 0 saturated heterocycles. The summed E-state index contributed by atoms with van der Waals surface area (Å²) in [5.41, 5.74) is 7.18. The van der Waals surface area contributed by atoms with Gasteiger partial charge in [0.1, 0.15) is 12.4 Å². The fraction of sp³-hybridized carbons (Fsp3) is 0.316. The second-order valence-electron chi connectivity index (χ2n) is 6.10. The molecule has 0 spiro atoms. The first-order valence-electron chi connectivity index (χ1n) is 8.46. The van der Waals surface area contributed by atoms with E-state index in [2.05, 4.69) is 16.4 Å². The van der Waals surface area contributed by atoms with Gasteiger partial charge in [-0.05, 0) is 18.2 Å². The lowest BCUT2D eigenvalue weighted by atomic mass is 10.0. The minimum absolute atomic E-state index is 0.109. The van der Waals surface area contributed by atoms with Gasteiger partial charge in [-0.25, -0.2) is 4.99 Å². The summed E-state index contributed by atoms with van der Waals surface area (Å²) in [4.78, 5) is 4.43. The maximum Gasteiger partial charge on any atom is 0.189 e. The molecule has 0 amide bonds. The van der Waals surface area contributed by atoms with Gasteiger partial charge in [0.2, 0.25) is 0 Å². The molecule has 3 N–H and O–H groups in total. The second-order valence-corrected chi connectivity index (χ2v) is 6.10. The fourth-order valence-corrected chi connectivity index (χ4v) is 3.07. The van der Waals surface area contributed by atoms with Gasteiger partial charge in [-0.15, -0.1) is 0 Å². The lowest BCUT2D eigenvalue weighted by Gasteiger charge is -2.27. The Balaban J connectivity index is 1.37. The summed E-state index contributed by atoms with van der Waals surface area (Å²) in [5, 5.41) is 3.29. The molecule has 0 radical (unpaired) electrons. The van der Waals surface area contributed by atoms with Crippen molar-refractivity contribution in [2.45, 2.75) is 18.6 Å². The summed E-state index contributed by atoms with van der Waals surface area (Å²) in [5.74, 6) is 2.83. The van der Waals surface area contributed by atoms with Crippen LogP contribution in [0.15, 0.2) is 53.5 Å². The number of hydrogen-bond acceptors (Lipinski definition) is 4. The van der Waals surface area contributed by atoms with Crippen LogP contribution in [0.25, 0.3) is 0 Å². The van der Waals surface area contributed by atoms with Gasteiger partial charge < -0.3 is 25.3 Å². The van der Waals surface area contributed by atoms with E-state index in [0.29, 0.717) is 25.7 Å². The number of guanidine groups is 1. The molecule has 0 aromatic heterocycles. The summed E-state index contributed by atoms with van der Waals surface area (Å²) in [6.45, 7) is 1.57. The highest BCUT2D eigenvalue weighted by atomic mass is 16.6. The van der Waals surface area contributed by atoms with Crippen LogP contribution in [0.3, 0.4) is 0 Å². The van der Waals surface area contributed by atoms with Crippen LogP contribution in [0.2, 0.25) is 0 Å². The predicted molar refractivity (Wildman–Crippen MR) is 95.3 cm³/mol. The van der Waals surface area contributed by atoms with Gasteiger partial charge >= 0.3 is 0 Å². The monoisotopic (exact) mass is 339 g/mol. The van der Waals surface area contributed by atoms with E-state index in [1.54, 1.807) is 0 Å². The van der Waals surface area contributed by atoms with Gasteiger partial charge in [0.05, 0.1) is 19.2 Å². The Hall–Kier alpha value is -2.89. The molecule has 2 aromatic rings. The molecule has 0 fully saturated rings. The lowest BCUT2D eigenvalue weighted by molar-refractivity contribution is 0.0971. The van der Waals surface area contributed by atoms with E-state index < -0.39 is 0 Å². The number of nitrogens with one attached hydrogen (secondary N) is 1. The molecule has 2 unspecified atom stereocenters. The number of nitrogens with zero attached hydrogens (tertiary/aromatic N) is 1. The molecular formula is C19H21N3O3. The SMILES string of the molecule is NC(=NCC1COc2ccccc2O1)NC1CCOc2ccccc21. The van der Waals surface area contributed by atoms with Gasteiger partial charge in [0, 0.05) is 12.0 Å². The van der Waals surface area contributed by atoms with Crippen molar-refractivity contribution in [2.75, 3.05) is 19.8 Å². The lowest BCUT2D eigenvalue weighted by Crippen LogP contribution is -2.39. The Kier molecular flexibility index (Phi) is 4.33. The van der Waals surface area contributed by atoms with Crippen molar-refractivity contribution >= 4 is 5.96 Å². The second kappa shape index (κ2) is 6.93. The summed E-state index contributed by atoms with van der Waals surface area (Å²) in [7, 11) is 0. The Morgan fingerprint density at radius 1 is 1.04 bits per heavy atom. The highest BCUT2D eigenvalue weighted by Crippen LogP contribution is 2.32. The minimum atomic E-state index is -0.141. The van der Waals surface area contributed by atoms with E-state index >= 15 is 0 Å². The third-order valence-electron chi connectivity index (χ3n) is 4.31. The third-order valence-corrected chi connectivity index (χ3v) is 4.31. The molecule has 2 heterocycles. The summed E-state index contributed by atoms with van der Waals surface area (Å²) < 4.78 is 17.3. The zero-order chi connectivity index (χ0) is 17.1. The van der Waals surface area contributed by atoms with Crippen LogP contribution in [-0.2, 0) is 0 Å². The molecule has 0 bridgehead atoms. The van der Waals surface area contributed by atoms with E-state index in [0.717, 1.165) is 29.2 Å². The molecular weight excluding hydrogens is 318 g/mol. The van der Waals surface area contributed by atoms with Crippen LogP contribution in [0.4, 0.5) is 0 Å².